The van der Waals surface area contributed by atoms with Crippen molar-refractivity contribution in [3.8, 4) is 0 Å². The predicted octanol–water partition coefficient (Wildman–Crippen LogP) is 3.73. The first-order valence-corrected chi connectivity index (χ1v) is 10.7. The average molecular weight is 432 g/mol. The van der Waals surface area contributed by atoms with Gasteiger partial charge in [0.05, 0.1) is 11.4 Å². The lowest BCUT2D eigenvalue weighted by molar-refractivity contribution is 0.447. The number of hydrazine groups is 2. The van der Waals surface area contributed by atoms with Crippen molar-refractivity contribution in [2.24, 2.45) is 10.8 Å². The lowest BCUT2D eigenvalue weighted by atomic mass is 9.87. The third-order valence-electron chi connectivity index (χ3n) is 5.01. The molecule has 0 bridgehead atoms. The van der Waals surface area contributed by atoms with Gasteiger partial charge in [-0.25, -0.2) is 16.3 Å². The van der Waals surface area contributed by atoms with Crippen molar-refractivity contribution in [3.63, 3.8) is 0 Å². The van der Waals surface area contributed by atoms with Crippen LogP contribution < -0.4 is 21.7 Å². The highest BCUT2D eigenvalue weighted by Gasteiger charge is 2.45. The molecule has 2 aromatic carbocycles. The van der Waals surface area contributed by atoms with Gasteiger partial charge in [-0.2, -0.15) is 11.8 Å². The van der Waals surface area contributed by atoms with E-state index in [2.05, 4.69) is 38.9 Å². The highest BCUT2D eigenvalue weighted by Crippen LogP contribution is 2.42. The second kappa shape index (κ2) is 7.60. The average Bonchev–Trinajstić information content (AvgIpc) is 2.68. The van der Waals surface area contributed by atoms with Gasteiger partial charge < -0.3 is 5.43 Å². The van der Waals surface area contributed by atoms with E-state index in [9.17, 15) is 0 Å². The monoisotopic (exact) mass is 431 g/mol. The smallest absolute Gasteiger partial charge is 0.144 e. The topological polar surface area (TPSA) is 65.7 Å². The summed E-state index contributed by atoms with van der Waals surface area (Å²) < 4.78 is 1.08. The van der Waals surface area contributed by atoms with Crippen LogP contribution in [0.15, 0.2) is 58.0 Å². The summed E-state index contributed by atoms with van der Waals surface area (Å²) in [5, 5.41) is 1.93. The molecular formula is C19H22BrN5S. The maximum absolute atomic E-state index is 6.62. The van der Waals surface area contributed by atoms with Crippen LogP contribution in [-0.4, -0.2) is 22.9 Å². The second-order valence-corrected chi connectivity index (χ2v) is 8.71. The van der Waals surface area contributed by atoms with Crippen LogP contribution in [0.1, 0.15) is 18.4 Å². The number of para-hydroxylation sites is 2. The first-order valence-electron chi connectivity index (χ1n) is 8.73. The van der Waals surface area contributed by atoms with E-state index in [0.29, 0.717) is 6.54 Å². The fraction of sp³-hybridized carbons (Fsp3) is 0.316. The third-order valence-corrected chi connectivity index (χ3v) is 6.52. The summed E-state index contributed by atoms with van der Waals surface area (Å²) >= 11 is 5.45. The molecule has 2 heterocycles. The number of halogens is 1. The fourth-order valence-electron chi connectivity index (χ4n) is 3.49. The predicted molar refractivity (Wildman–Crippen MR) is 114 cm³/mol. The molecule has 0 aliphatic carbocycles. The minimum atomic E-state index is -0.272. The number of rotatable bonds is 3. The molecular weight excluding hydrogens is 410 g/mol. The van der Waals surface area contributed by atoms with Gasteiger partial charge in [0.25, 0.3) is 0 Å². The van der Waals surface area contributed by atoms with Crippen molar-refractivity contribution in [1.29, 1.82) is 0 Å². The van der Waals surface area contributed by atoms with E-state index >= 15 is 0 Å². The molecule has 0 amide bonds. The number of nitrogens with two attached hydrogens (primary N) is 1. The van der Waals surface area contributed by atoms with Crippen LogP contribution in [-0.2, 0) is 6.54 Å². The van der Waals surface area contributed by atoms with Gasteiger partial charge in [-0.3, -0.25) is 5.01 Å². The molecule has 136 valence electrons. The molecule has 1 fully saturated rings. The molecule has 0 aromatic heterocycles. The Morgan fingerprint density at radius 1 is 1.12 bits per heavy atom. The zero-order valence-corrected chi connectivity index (χ0v) is 16.8. The highest BCUT2D eigenvalue weighted by atomic mass is 79.9. The SMILES string of the molecule is NN1c2ccccc2N=C(NNCc2ccc(Br)cc2)C12CCSCC2. The third kappa shape index (κ3) is 3.36. The summed E-state index contributed by atoms with van der Waals surface area (Å²) in [6.45, 7) is 0.712. The Labute approximate surface area is 166 Å². The number of fused-ring (bicyclic) bond motifs is 1. The maximum Gasteiger partial charge on any atom is 0.144 e. The molecule has 0 radical (unpaired) electrons. The Kier molecular flexibility index (Phi) is 5.22. The van der Waals surface area contributed by atoms with Crippen molar-refractivity contribution < 1.29 is 0 Å². The van der Waals surface area contributed by atoms with Crippen LogP contribution in [0, 0.1) is 0 Å². The summed E-state index contributed by atoms with van der Waals surface area (Å²) in [4.78, 5) is 4.92. The van der Waals surface area contributed by atoms with Crippen molar-refractivity contribution in [2.45, 2.75) is 24.9 Å². The molecule has 2 aromatic rings. The number of nitrogens with zero attached hydrogens (tertiary/aromatic N) is 2. The quantitative estimate of drug-likeness (QED) is 0.510. The molecule has 2 aliphatic heterocycles. The van der Waals surface area contributed by atoms with Gasteiger partial charge in [0.1, 0.15) is 11.4 Å². The number of nitrogens with one attached hydrogen (secondary N) is 2. The van der Waals surface area contributed by atoms with Gasteiger partial charge in [0.15, 0.2) is 0 Å². The summed E-state index contributed by atoms with van der Waals surface area (Å²) in [5.41, 5.74) is 9.54. The number of aliphatic imine (C=N–C) groups is 1. The van der Waals surface area contributed by atoms with Gasteiger partial charge in [-0.1, -0.05) is 40.2 Å². The Balaban J connectivity index is 1.56. The summed E-state index contributed by atoms with van der Waals surface area (Å²) in [7, 11) is 0. The molecule has 4 rings (SSSR count). The van der Waals surface area contributed by atoms with E-state index in [-0.39, 0.29) is 5.54 Å². The number of hydrogen-bond donors (Lipinski definition) is 3. The number of hydrogen-bond acceptors (Lipinski definition) is 6. The first kappa shape index (κ1) is 17.9. The summed E-state index contributed by atoms with van der Waals surface area (Å²) in [6, 6.07) is 16.4. The van der Waals surface area contributed by atoms with Crippen molar-refractivity contribution >= 4 is 44.9 Å². The van der Waals surface area contributed by atoms with E-state index < -0.39 is 0 Å². The molecule has 5 nitrogen and oxygen atoms in total. The Morgan fingerprint density at radius 3 is 2.62 bits per heavy atom. The van der Waals surface area contributed by atoms with Crippen LogP contribution in [0.2, 0.25) is 0 Å². The van der Waals surface area contributed by atoms with E-state index in [4.69, 9.17) is 10.8 Å². The van der Waals surface area contributed by atoms with Crippen molar-refractivity contribution in [2.75, 3.05) is 16.5 Å². The zero-order chi connectivity index (χ0) is 18.0. The van der Waals surface area contributed by atoms with Gasteiger partial charge in [0, 0.05) is 11.0 Å². The Morgan fingerprint density at radius 2 is 1.85 bits per heavy atom. The van der Waals surface area contributed by atoms with Gasteiger partial charge in [-0.15, -0.1) is 0 Å². The van der Waals surface area contributed by atoms with Crippen LogP contribution in [0.5, 0.6) is 0 Å². The number of amidine groups is 1. The van der Waals surface area contributed by atoms with Crippen molar-refractivity contribution in [1.82, 2.24) is 10.9 Å². The van der Waals surface area contributed by atoms with Gasteiger partial charge >= 0.3 is 0 Å². The van der Waals surface area contributed by atoms with Crippen LogP contribution in [0.3, 0.4) is 0 Å². The minimum absolute atomic E-state index is 0.272. The molecule has 26 heavy (non-hydrogen) atoms. The number of anilines is 1. The molecule has 1 spiro atoms. The van der Waals surface area contributed by atoms with E-state index in [0.717, 1.165) is 46.0 Å². The normalized spacial score (nSPS) is 18.4. The molecule has 1 saturated heterocycles. The van der Waals surface area contributed by atoms with E-state index in [1.54, 1.807) is 0 Å². The van der Waals surface area contributed by atoms with Crippen molar-refractivity contribution in [3.05, 3.63) is 58.6 Å². The lowest BCUT2D eigenvalue weighted by Crippen LogP contribution is -2.66. The Hall–Kier alpha value is -1.54. The zero-order valence-electron chi connectivity index (χ0n) is 14.4. The lowest BCUT2D eigenvalue weighted by Gasteiger charge is -2.47. The number of thioether (sulfide) groups is 1. The molecule has 0 atom stereocenters. The van der Waals surface area contributed by atoms with Gasteiger partial charge in [0.2, 0.25) is 0 Å². The summed E-state index contributed by atoms with van der Waals surface area (Å²) in [5.74, 6) is 9.70. The van der Waals surface area contributed by atoms with Crippen LogP contribution >= 0.6 is 27.7 Å². The summed E-state index contributed by atoms with van der Waals surface area (Å²) in [6.07, 6.45) is 1.96. The van der Waals surface area contributed by atoms with E-state index in [1.165, 1.54) is 5.56 Å². The minimum Gasteiger partial charge on any atom is -0.307 e. The molecule has 2 aliphatic rings. The van der Waals surface area contributed by atoms with Crippen LogP contribution in [0.4, 0.5) is 11.4 Å². The fourth-order valence-corrected chi connectivity index (χ4v) is 4.93. The standard InChI is InChI=1S/C19H22BrN5S/c20-15-7-5-14(6-8-15)13-22-24-18-19(9-11-26-12-10-19)25(21)17-4-2-1-3-16(17)23-18/h1-8,22H,9-13,21H2,(H,23,24). The molecule has 0 unspecified atom stereocenters. The van der Waals surface area contributed by atoms with Gasteiger partial charge in [-0.05, 0) is 54.2 Å². The molecule has 0 saturated carbocycles. The maximum atomic E-state index is 6.62. The van der Waals surface area contributed by atoms with Crippen LogP contribution in [0.25, 0.3) is 0 Å². The van der Waals surface area contributed by atoms with E-state index in [1.807, 2.05) is 53.2 Å². The Bertz CT molecular complexity index is 802. The number of benzene rings is 2. The molecule has 4 N–H and O–H groups in total. The largest absolute Gasteiger partial charge is 0.307 e. The first-order chi connectivity index (χ1) is 12.7. The molecule has 7 heteroatoms. The highest BCUT2D eigenvalue weighted by molar-refractivity contribution is 9.10. The second-order valence-electron chi connectivity index (χ2n) is 6.57.